The van der Waals surface area contributed by atoms with Crippen LogP contribution in [0.25, 0.3) is 10.2 Å². The van der Waals surface area contributed by atoms with E-state index in [2.05, 4.69) is 23.6 Å². The van der Waals surface area contributed by atoms with Gasteiger partial charge in [-0.1, -0.05) is 11.3 Å². The van der Waals surface area contributed by atoms with E-state index in [1.807, 2.05) is 12.1 Å². The molecular weight excluding hydrogens is 324 g/mol. The predicted octanol–water partition coefficient (Wildman–Crippen LogP) is 2.46. The first kappa shape index (κ1) is 17.1. The lowest BCUT2D eigenvalue weighted by molar-refractivity contribution is -0.0713. The molecule has 0 radical (unpaired) electrons. The zero-order chi connectivity index (χ0) is 17.3. The molecule has 24 heavy (non-hydrogen) atoms. The molecule has 0 unspecified atom stereocenters. The molecule has 0 spiro atoms. The van der Waals surface area contributed by atoms with E-state index < -0.39 is 0 Å². The van der Waals surface area contributed by atoms with Crippen molar-refractivity contribution in [3.63, 3.8) is 0 Å². The van der Waals surface area contributed by atoms with E-state index >= 15 is 0 Å². The number of carbonyl (C=O) groups is 1. The van der Waals surface area contributed by atoms with Crippen molar-refractivity contribution >= 4 is 32.7 Å². The first-order valence-electron chi connectivity index (χ1n) is 8.23. The van der Waals surface area contributed by atoms with Crippen LogP contribution in [-0.2, 0) is 4.84 Å². The maximum atomic E-state index is 12.0. The highest BCUT2D eigenvalue weighted by molar-refractivity contribution is 7.22. The van der Waals surface area contributed by atoms with E-state index in [1.54, 1.807) is 31.5 Å². The van der Waals surface area contributed by atoms with Crippen LogP contribution in [0.15, 0.2) is 18.2 Å². The molecule has 0 amide bonds. The summed E-state index contributed by atoms with van der Waals surface area (Å²) in [5.41, 5.74) is 1.48. The molecule has 2 heterocycles. The number of benzene rings is 1. The molecule has 130 valence electrons. The summed E-state index contributed by atoms with van der Waals surface area (Å²) in [6.07, 6.45) is 0. The fourth-order valence-corrected chi connectivity index (χ4v) is 3.88. The molecule has 2 aromatic rings. The molecule has 0 saturated carbocycles. The topological polar surface area (TPSA) is 48.9 Å². The summed E-state index contributed by atoms with van der Waals surface area (Å²) in [6.45, 7) is 8.59. The number of nitrogens with zero attached hydrogens (tertiary/aromatic N) is 4. The number of hydrogen-bond acceptors (Lipinski definition) is 7. The summed E-state index contributed by atoms with van der Waals surface area (Å²) < 4.78 is 1.02. The molecule has 3 rings (SSSR count). The standard InChI is InChI=1S/C17H24N4O2S/c1-12(2)20-7-9-21(10-8-20)17-18-14-6-5-13(11-15(14)24-17)16(22)23-19(3)4/h5-6,11-12H,7-10H2,1-4H3. The third-order valence-electron chi connectivity index (χ3n) is 4.19. The van der Waals surface area contributed by atoms with Crippen molar-refractivity contribution in [3.8, 4) is 0 Å². The summed E-state index contributed by atoms with van der Waals surface area (Å²) in [6, 6.07) is 6.13. The van der Waals surface area contributed by atoms with Crippen LogP contribution >= 0.6 is 11.3 Å². The van der Waals surface area contributed by atoms with E-state index in [0.29, 0.717) is 11.6 Å². The van der Waals surface area contributed by atoms with Crippen LogP contribution in [0.3, 0.4) is 0 Å². The SMILES string of the molecule is CC(C)N1CCN(c2nc3ccc(C(=O)ON(C)C)cc3s2)CC1. The van der Waals surface area contributed by atoms with Gasteiger partial charge in [-0.2, -0.15) is 0 Å². The molecule has 0 N–H and O–H groups in total. The van der Waals surface area contributed by atoms with Gasteiger partial charge in [0.2, 0.25) is 0 Å². The van der Waals surface area contributed by atoms with Gasteiger partial charge in [-0.3, -0.25) is 4.90 Å². The summed E-state index contributed by atoms with van der Waals surface area (Å²) in [4.78, 5) is 26.7. The number of hydroxylamine groups is 2. The van der Waals surface area contributed by atoms with Gasteiger partial charge in [0, 0.05) is 46.3 Å². The Morgan fingerprint density at radius 1 is 1.25 bits per heavy atom. The van der Waals surface area contributed by atoms with Gasteiger partial charge in [0.15, 0.2) is 5.13 Å². The van der Waals surface area contributed by atoms with Crippen LogP contribution in [0.5, 0.6) is 0 Å². The van der Waals surface area contributed by atoms with E-state index in [9.17, 15) is 4.79 Å². The van der Waals surface area contributed by atoms with Gasteiger partial charge >= 0.3 is 5.97 Å². The van der Waals surface area contributed by atoms with E-state index in [0.717, 1.165) is 41.5 Å². The van der Waals surface area contributed by atoms with Crippen molar-refractivity contribution in [2.45, 2.75) is 19.9 Å². The Balaban J connectivity index is 1.76. The maximum Gasteiger partial charge on any atom is 0.357 e. The molecule has 1 fully saturated rings. The quantitative estimate of drug-likeness (QED) is 0.791. The van der Waals surface area contributed by atoms with Gasteiger partial charge in [0.05, 0.1) is 15.8 Å². The number of aromatic nitrogens is 1. The van der Waals surface area contributed by atoms with Crippen LogP contribution in [0.4, 0.5) is 5.13 Å². The Morgan fingerprint density at radius 2 is 1.96 bits per heavy atom. The minimum atomic E-state index is -0.345. The van der Waals surface area contributed by atoms with Crippen molar-refractivity contribution < 1.29 is 9.63 Å². The normalized spacial score (nSPS) is 16.3. The Bertz CT molecular complexity index is 720. The Kier molecular flexibility index (Phi) is 5.03. The lowest BCUT2D eigenvalue weighted by Crippen LogP contribution is -2.48. The summed E-state index contributed by atoms with van der Waals surface area (Å²) in [7, 11) is 3.38. The molecule has 1 aliphatic heterocycles. The number of hydrogen-bond donors (Lipinski definition) is 0. The van der Waals surface area contributed by atoms with Gasteiger partial charge in [-0.25, -0.2) is 9.78 Å². The minimum absolute atomic E-state index is 0.345. The summed E-state index contributed by atoms with van der Waals surface area (Å²) in [5, 5.41) is 2.44. The third kappa shape index (κ3) is 3.68. The highest BCUT2D eigenvalue weighted by Gasteiger charge is 2.21. The van der Waals surface area contributed by atoms with E-state index in [4.69, 9.17) is 9.82 Å². The molecule has 1 aliphatic rings. The second kappa shape index (κ2) is 7.04. The van der Waals surface area contributed by atoms with Gasteiger partial charge in [-0.15, -0.1) is 5.06 Å². The first-order valence-corrected chi connectivity index (χ1v) is 9.05. The summed E-state index contributed by atoms with van der Waals surface area (Å²) >= 11 is 1.64. The number of carbonyl (C=O) groups excluding carboxylic acids is 1. The van der Waals surface area contributed by atoms with Crippen molar-refractivity contribution in [3.05, 3.63) is 23.8 Å². The molecule has 1 aromatic heterocycles. The van der Waals surface area contributed by atoms with E-state index in [1.165, 1.54) is 5.06 Å². The molecule has 6 nitrogen and oxygen atoms in total. The van der Waals surface area contributed by atoms with Gasteiger partial charge in [0.25, 0.3) is 0 Å². The predicted molar refractivity (Wildman–Crippen MR) is 97.6 cm³/mol. The Morgan fingerprint density at radius 3 is 2.58 bits per heavy atom. The average Bonchev–Trinajstić information content (AvgIpc) is 2.97. The highest BCUT2D eigenvalue weighted by Crippen LogP contribution is 2.30. The van der Waals surface area contributed by atoms with Gasteiger partial charge in [0.1, 0.15) is 0 Å². The van der Waals surface area contributed by atoms with Gasteiger partial charge < -0.3 is 9.74 Å². The second-order valence-corrected chi connectivity index (χ2v) is 7.50. The maximum absolute atomic E-state index is 12.0. The largest absolute Gasteiger partial charge is 0.364 e. The van der Waals surface area contributed by atoms with Crippen molar-refractivity contribution in [1.82, 2.24) is 14.9 Å². The Hall–Kier alpha value is -1.70. The van der Waals surface area contributed by atoms with Crippen LogP contribution in [-0.4, -0.2) is 67.2 Å². The fourth-order valence-electron chi connectivity index (χ4n) is 2.82. The van der Waals surface area contributed by atoms with E-state index in [-0.39, 0.29) is 5.97 Å². The first-order chi connectivity index (χ1) is 11.4. The lowest BCUT2D eigenvalue weighted by Gasteiger charge is -2.36. The highest BCUT2D eigenvalue weighted by atomic mass is 32.1. The number of rotatable bonds is 4. The zero-order valence-corrected chi connectivity index (χ0v) is 15.5. The summed E-state index contributed by atoms with van der Waals surface area (Å²) in [5.74, 6) is -0.345. The van der Waals surface area contributed by atoms with Crippen LogP contribution in [0, 0.1) is 0 Å². The van der Waals surface area contributed by atoms with Crippen molar-refractivity contribution in [2.75, 3.05) is 45.2 Å². The molecule has 1 aromatic carbocycles. The van der Waals surface area contributed by atoms with Crippen LogP contribution in [0.2, 0.25) is 0 Å². The molecule has 0 bridgehead atoms. The molecular formula is C17H24N4O2S. The molecule has 0 aliphatic carbocycles. The van der Waals surface area contributed by atoms with Crippen molar-refractivity contribution in [2.24, 2.45) is 0 Å². The third-order valence-corrected chi connectivity index (χ3v) is 5.27. The molecule has 1 saturated heterocycles. The van der Waals surface area contributed by atoms with Crippen molar-refractivity contribution in [1.29, 1.82) is 0 Å². The number of fused-ring (bicyclic) bond motifs is 1. The fraction of sp³-hybridized carbons (Fsp3) is 0.529. The minimum Gasteiger partial charge on any atom is -0.364 e. The molecule has 0 atom stereocenters. The molecule has 7 heteroatoms. The number of thiazole rings is 1. The second-order valence-electron chi connectivity index (χ2n) is 6.49. The van der Waals surface area contributed by atoms with Crippen LogP contribution < -0.4 is 4.90 Å². The Labute approximate surface area is 146 Å². The zero-order valence-electron chi connectivity index (χ0n) is 14.7. The number of piperazine rings is 1. The van der Waals surface area contributed by atoms with Gasteiger partial charge in [-0.05, 0) is 32.0 Å². The van der Waals surface area contributed by atoms with Crippen LogP contribution in [0.1, 0.15) is 24.2 Å². The monoisotopic (exact) mass is 348 g/mol. The number of anilines is 1. The smallest absolute Gasteiger partial charge is 0.357 e. The average molecular weight is 348 g/mol. The lowest BCUT2D eigenvalue weighted by atomic mass is 10.2.